The third-order valence-electron chi connectivity index (χ3n) is 2.33. The fourth-order valence-electron chi connectivity index (χ4n) is 1.54. The lowest BCUT2D eigenvalue weighted by Gasteiger charge is -2.08. The van der Waals surface area contributed by atoms with Crippen LogP contribution in [-0.4, -0.2) is 0 Å². The Morgan fingerprint density at radius 2 is 1.89 bits per heavy atom. The second kappa shape index (κ2) is 5.67. The summed E-state index contributed by atoms with van der Waals surface area (Å²) in [7, 11) is 0. The highest BCUT2D eigenvalue weighted by Gasteiger charge is 2.04. The number of anilines is 1. The summed E-state index contributed by atoms with van der Waals surface area (Å²) in [4.78, 5) is 0. The fourth-order valence-corrected chi connectivity index (χ4v) is 2.15. The van der Waals surface area contributed by atoms with Crippen molar-refractivity contribution in [2.24, 2.45) is 0 Å². The fraction of sp³-hybridized carbons (Fsp3) is 0.0769. The zero-order chi connectivity index (χ0) is 13.1. The van der Waals surface area contributed by atoms with E-state index in [1.165, 1.54) is 18.2 Å². The first-order valence-corrected chi connectivity index (χ1v) is 6.35. The smallest absolute Gasteiger partial charge is 0.146 e. The van der Waals surface area contributed by atoms with Crippen LogP contribution in [0.4, 0.5) is 14.5 Å². The van der Waals surface area contributed by atoms with Gasteiger partial charge in [0, 0.05) is 16.0 Å². The predicted molar refractivity (Wildman–Crippen MR) is 72.8 cm³/mol. The van der Waals surface area contributed by atoms with Crippen molar-refractivity contribution >= 4 is 33.2 Å². The Hall–Kier alpha value is -1.13. The van der Waals surface area contributed by atoms with Crippen LogP contribution in [-0.2, 0) is 6.54 Å². The molecule has 1 N–H and O–H groups in total. The Bertz CT molecular complexity index is 555. The molecule has 0 aliphatic rings. The molecule has 0 atom stereocenters. The molecule has 0 heterocycles. The summed E-state index contributed by atoms with van der Waals surface area (Å²) in [5.41, 5.74) is 1.00. The van der Waals surface area contributed by atoms with Crippen LogP contribution in [0.25, 0.3) is 0 Å². The maximum absolute atomic E-state index is 13.4. The van der Waals surface area contributed by atoms with Gasteiger partial charge in [-0.15, -0.1) is 0 Å². The van der Waals surface area contributed by atoms with Gasteiger partial charge in [0.1, 0.15) is 11.6 Å². The highest BCUT2D eigenvalue weighted by Crippen LogP contribution is 2.21. The first-order chi connectivity index (χ1) is 8.54. The van der Waals surface area contributed by atoms with Crippen LogP contribution < -0.4 is 5.32 Å². The Morgan fingerprint density at radius 3 is 2.61 bits per heavy atom. The average molecular weight is 333 g/mol. The number of hydrogen-bond acceptors (Lipinski definition) is 1. The van der Waals surface area contributed by atoms with Gasteiger partial charge in [-0.25, -0.2) is 8.78 Å². The Balaban J connectivity index is 2.13. The highest BCUT2D eigenvalue weighted by atomic mass is 79.9. The molecule has 2 rings (SSSR count). The number of hydrogen-bond donors (Lipinski definition) is 1. The quantitative estimate of drug-likeness (QED) is 0.834. The Labute approximate surface area is 117 Å². The van der Waals surface area contributed by atoms with E-state index >= 15 is 0 Å². The van der Waals surface area contributed by atoms with E-state index in [1.54, 1.807) is 18.2 Å². The normalized spacial score (nSPS) is 10.4. The minimum Gasteiger partial charge on any atom is -0.379 e. The van der Waals surface area contributed by atoms with Crippen molar-refractivity contribution in [1.82, 2.24) is 0 Å². The summed E-state index contributed by atoms with van der Waals surface area (Å²) in [6.07, 6.45) is 0. The minimum absolute atomic E-state index is 0.296. The molecule has 5 heteroatoms. The molecular weight excluding hydrogens is 324 g/mol. The van der Waals surface area contributed by atoms with Crippen molar-refractivity contribution < 1.29 is 8.78 Å². The summed E-state index contributed by atoms with van der Waals surface area (Å²) < 4.78 is 27.3. The van der Waals surface area contributed by atoms with E-state index in [1.807, 2.05) is 0 Å². The molecule has 94 valence electrons. The van der Waals surface area contributed by atoms with Crippen molar-refractivity contribution in [2.45, 2.75) is 6.54 Å². The Kier molecular flexibility index (Phi) is 4.19. The van der Waals surface area contributed by atoms with Crippen LogP contribution in [0.3, 0.4) is 0 Å². The van der Waals surface area contributed by atoms with Gasteiger partial charge in [-0.3, -0.25) is 0 Å². The molecule has 2 aromatic carbocycles. The van der Waals surface area contributed by atoms with Gasteiger partial charge in [0.05, 0.1) is 5.69 Å². The maximum Gasteiger partial charge on any atom is 0.146 e. The van der Waals surface area contributed by atoms with E-state index in [0.717, 1.165) is 4.47 Å². The van der Waals surface area contributed by atoms with Gasteiger partial charge in [0.15, 0.2) is 0 Å². The van der Waals surface area contributed by atoms with Crippen LogP contribution in [0.2, 0.25) is 5.02 Å². The molecule has 0 aliphatic carbocycles. The molecule has 0 saturated carbocycles. The molecular formula is C13H9BrClF2N. The second-order valence-electron chi connectivity index (χ2n) is 3.76. The molecule has 0 saturated heterocycles. The summed E-state index contributed by atoms with van der Waals surface area (Å²) in [5.74, 6) is -0.769. The number of rotatable bonds is 3. The van der Waals surface area contributed by atoms with E-state index in [0.29, 0.717) is 22.8 Å². The molecule has 0 aliphatic heterocycles. The third kappa shape index (κ3) is 3.43. The van der Waals surface area contributed by atoms with Crippen molar-refractivity contribution in [3.63, 3.8) is 0 Å². The zero-order valence-corrected chi connectivity index (χ0v) is 11.5. The van der Waals surface area contributed by atoms with Gasteiger partial charge < -0.3 is 5.32 Å². The molecule has 1 nitrogen and oxygen atoms in total. The molecule has 0 unspecified atom stereocenters. The maximum atomic E-state index is 13.4. The number of nitrogens with one attached hydrogen (secondary N) is 1. The van der Waals surface area contributed by atoms with Gasteiger partial charge in [0.2, 0.25) is 0 Å². The minimum atomic E-state index is -0.408. The molecule has 18 heavy (non-hydrogen) atoms. The summed E-state index contributed by atoms with van der Waals surface area (Å²) in [6, 6.07) is 8.80. The molecule has 0 radical (unpaired) electrons. The van der Waals surface area contributed by atoms with Crippen LogP contribution >= 0.6 is 27.5 Å². The van der Waals surface area contributed by atoms with Gasteiger partial charge >= 0.3 is 0 Å². The summed E-state index contributed by atoms with van der Waals surface area (Å²) >= 11 is 9.00. The Morgan fingerprint density at radius 1 is 1.11 bits per heavy atom. The van der Waals surface area contributed by atoms with Crippen molar-refractivity contribution in [1.29, 1.82) is 0 Å². The molecule has 0 fully saturated rings. The van der Waals surface area contributed by atoms with E-state index in [4.69, 9.17) is 11.6 Å². The first kappa shape index (κ1) is 13.3. The van der Waals surface area contributed by atoms with Crippen molar-refractivity contribution in [3.8, 4) is 0 Å². The molecule has 0 amide bonds. The number of benzene rings is 2. The van der Waals surface area contributed by atoms with Gasteiger partial charge in [-0.2, -0.15) is 0 Å². The summed E-state index contributed by atoms with van der Waals surface area (Å²) in [6.45, 7) is 0.296. The van der Waals surface area contributed by atoms with E-state index in [9.17, 15) is 8.78 Å². The zero-order valence-electron chi connectivity index (χ0n) is 9.18. The second-order valence-corrected chi connectivity index (χ2v) is 5.11. The molecule has 2 aromatic rings. The predicted octanol–water partition coefficient (Wildman–Crippen LogP) is 4.99. The SMILES string of the molecule is Fc1cc(Cl)cc(CNc2cc(Br)ccc2F)c1. The van der Waals surface area contributed by atoms with Gasteiger partial charge in [0.25, 0.3) is 0 Å². The van der Waals surface area contributed by atoms with E-state index < -0.39 is 5.82 Å². The number of halogens is 4. The molecule has 0 aromatic heterocycles. The summed E-state index contributed by atoms with van der Waals surface area (Å²) in [5, 5.41) is 3.22. The standard InChI is InChI=1S/C13H9BrClF2N/c14-9-1-2-12(17)13(5-9)18-7-8-3-10(15)6-11(16)4-8/h1-6,18H,7H2. The lowest BCUT2D eigenvalue weighted by molar-refractivity contribution is 0.625. The van der Waals surface area contributed by atoms with E-state index in [2.05, 4.69) is 21.2 Å². The largest absolute Gasteiger partial charge is 0.379 e. The van der Waals surface area contributed by atoms with Crippen LogP contribution in [0.15, 0.2) is 40.9 Å². The first-order valence-electron chi connectivity index (χ1n) is 5.18. The monoisotopic (exact) mass is 331 g/mol. The van der Waals surface area contributed by atoms with Gasteiger partial charge in [-0.05, 0) is 42.0 Å². The van der Waals surface area contributed by atoms with Crippen LogP contribution in [0.1, 0.15) is 5.56 Å². The topological polar surface area (TPSA) is 12.0 Å². The lowest BCUT2D eigenvalue weighted by Crippen LogP contribution is -2.01. The van der Waals surface area contributed by atoms with Crippen molar-refractivity contribution in [2.75, 3.05) is 5.32 Å². The lowest BCUT2D eigenvalue weighted by atomic mass is 10.2. The van der Waals surface area contributed by atoms with Gasteiger partial charge in [-0.1, -0.05) is 27.5 Å². The molecule has 0 bridgehead atoms. The molecule has 0 spiro atoms. The highest BCUT2D eigenvalue weighted by molar-refractivity contribution is 9.10. The third-order valence-corrected chi connectivity index (χ3v) is 3.05. The van der Waals surface area contributed by atoms with Crippen LogP contribution in [0, 0.1) is 11.6 Å². The van der Waals surface area contributed by atoms with E-state index in [-0.39, 0.29) is 5.82 Å². The van der Waals surface area contributed by atoms with Crippen molar-refractivity contribution in [3.05, 3.63) is 63.1 Å². The van der Waals surface area contributed by atoms with Crippen LogP contribution in [0.5, 0.6) is 0 Å². The average Bonchev–Trinajstić information content (AvgIpc) is 2.29.